The fraction of sp³-hybridized carbons (Fsp3) is 0. The number of hydrogen-bond donors (Lipinski definition) is 1. The third-order valence-electron chi connectivity index (χ3n) is 2.73. The number of aromatic nitrogens is 2. The summed E-state index contributed by atoms with van der Waals surface area (Å²) < 4.78 is 3.69. The van der Waals surface area contributed by atoms with E-state index in [1.165, 1.54) is 0 Å². The van der Waals surface area contributed by atoms with Gasteiger partial charge in [0.1, 0.15) is 0 Å². The smallest absolute Gasteiger partial charge is 0.182 e. The summed E-state index contributed by atoms with van der Waals surface area (Å²) in [6, 6.07) is 13.7. The van der Waals surface area contributed by atoms with Gasteiger partial charge in [0.2, 0.25) is 0 Å². The van der Waals surface area contributed by atoms with Crippen LogP contribution in [0.2, 0.25) is 5.02 Å². The number of hydrogen-bond acceptors (Lipinski definition) is 1. The summed E-state index contributed by atoms with van der Waals surface area (Å²) in [5.41, 5.74) is 3.05. The first-order valence-electron chi connectivity index (χ1n) is 5.31. The molecule has 3 rings (SSSR count). The van der Waals surface area contributed by atoms with Crippen molar-refractivity contribution < 1.29 is 0 Å². The third kappa shape index (κ3) is 2.00. The molecule has 0 aliphatic carbocycles. The largest absolute Gasteiger partial charge is 0.330 e. The number of halogens is 2. The highest BCUT2D eigenvalue weighted by Gasteiger charge is 2.06. The number of fused-ring (bicyclic) bond motifs is 1. The summed E-state index contributed by atoms with van der Waals surface area (Å²) in [5.74, 6) is 0. The number of nitrogens with one attached hydrogen (secondary N) is 1. The molecular weight excluding hydrogens is 332 g/mol. The molecule has 1 aromatic heterocycles. The van der Waals surface area contributed by atoms with Gasteiger partial charge in [0.15, 0.2) is 4.77 Å². The van der Waals surface area contributed by atoms with Crippen molar-refractivity contribution in [3.05, 3.63) is 56.7 Å². The van der Waals surface area contributed by atoms with Gasteiger partial charge in [-0.2, -0.15) is 0 Å². The fourth-order valence-corrected chi connectivity index (χ4v) is 2.73. The van der Waals surface area contributed by atoms with Crippen molar-refractivity contribution in [2.45, 2.75) is 0 Å². The second-order valence-corrected chi connectivity index (χ2v) is 5.64. The molecule has 2 aromatic carbocycles. The molecule has 2 nitrogen and oxygen atoms in total. The molecule has 90 valence electrons. The van der Waals surface area contributed by atoms with Crippen molar-refractivity contribution in [2.24, 2.45) is 0 Å². The Morgan fingerprint density at radius 2 is 1.83 bits per heavy atom. The monoisotopic (exact) mass is 338 g/mol. The topological polar surface area (TPSA) is 20.7 Å². The summed E-state index contributed by atoms with van der Waals surface area (Å²) in [6.07, 6.45) is 0. The van der Waals surface area contributed by atoms with E-state index in [1.807, 2.05) is 47.0 Å². The van der Waals surface area contributed by atoms with Crippen molar-refractivity contribution in [1.82, 2.24) is 9.55 Å². The lowest BCUT2D eigenvalue weighted by atomic mass is 10.3. The Labute approximate surface area is 122 Å². The predicted molar refractivity (Wildman–Crippen MR) is 81.2 cm³/mol. The molecule has 1 N–H and O–H groups in total. The molecule has 5 heteroatoms. The van der Waals surface area contributed by atoms with Crippen LogP contribution in [0.15, 0.2) is 46.9 Å². The van der Waals surface area contributed by atoms with Crippen LogP contribution < -0.4 is 0 Å². The summed E-state index contributed by atoms with van der Waals surface area (Å²) in [4.78, 5) is 3.20. The molecule has 0 unspecified atom stereocenters. The van der Waals surface area contributed by atoms with Crippen molar-refractivity contribution in [3.63, 3.8) is 0 Å². The fourth-order valence-electron chi connectivity index (χ4n) is 1.93. The van der Waals surface area contributed by atoms with Gasteiger partial charge in [-0.25, -0.2) is 0 Å². The van der Waals surface area contributed by atoms with Crippen LogP contribution in [0, 0.1) is 4.77 Å². The van der Waals surface area contributed by atoms with Gasteiger partial charge in [0.25, 0.3) is 0 Å². The van der Waals surface area contributed by atoms with Crippen LogP contribution in [0.25, 0.3) is 16.7 Å². The standard InChI is InChI=1S/C13H8BrClN2S/c14-8-1-6-12-11(7-8)16-13(18)17(12)10-4-2-9(15)3-5-10/h1-7H,(H,16,18). The zero-order chi connectivity index (χ0) is 12.7. The van der Waals surface area contributed by atoms with Crippen LogP contribution in [-0.2, 0) is 0 Å². The zero-order valence-electron chi connectivity index (χ0n) is 9.15. The van der Waals surface area contributed by atoms with E-state index in [0.29, 0.717) is 9.79 Å². The Balaban J connectivity index is 2.32. The Morgan fingerprint density at radius 3 is 2.56 bits per heavy atom. The minimum Gasteiger partial charge on any atom is -0.330 e. The number of nitrogens with zero attached hydrogens (tertiary/aromatic N) is 1. The molecule has 0 bridgehead atoms. The van der Waals surface area contributed by atoms with Gasteiger partial charge in [-0.05, 0) is 54.7 Å². The molecule has 1 heterocycles. The maximum Gasteiger partial charge on any atom is 0.182 e. The van der Waals surface area contributed by atoms with Crippen molar-refractivity contribution in [2.75, 3.05) is 0 Å². The van der Waals surface area contributed by atoms with Gasteiger partial charge >= 0.3 is 0 Å². The van der Waals surface area contributed by atoms with Crippen molar-refractivity contribution >= 4 is 50.8 Å². The first-order chi connectivity index (χ1) is 8.65. The number of rotatable bonds is 1. The van der Waals surface area contributed by atoms with Crippen molar-refractivity contribution in [3.8, 4) is 5.69 Å². The van der Waals surface area contributed by atoms with Gasteiger partial charge in [-0.15, -0.1) is 0 Å². The number of benzene rings is 2. The lowest BCUT2D eigenvalue weighted by Gasteiger charge is -2.04. The first kappa shape index (κ1) is 12.0. The summed E-state index contributed by atoms with van der Waals surface area (Å²) in [5, 5.41) is 0.716. The summed E-state index contributed by atoms with van der Waals surface area (Å²) >= 11 is 14.7. The molecule has 0 saturated heterocycles. The van der Waals surface area contributed by atoms with Gasteiger partial charge in [-0.1, -0.05) is 27.5 Å². The Hall–Kier alpha value is -1.10. The Kier molecular flexibility index (Phi) is 3.01. The third-order valence-corrected chi connectivity index (χ3v) is 3.76. The van der Waals surface area contributed by atoms with Gasteiger partial charge in [-0.3, -0.25) is 4.57 Å². The molecule has 0 saturated carbocycles. The highest BCUT2D eigenvalue weighted by atomic mass is 79.9. The van der Waals surface area contributed by atoms with Crippen LogP contribution in [0.1, 0.15) is 0 Å². The molecule has 0 amide bonds. The molecule has 0 spiro atoms. The van der Waals surface area contributed by atoms with E-state index < -0.39 is 0 Å². The van der Waals surface area contributed by atoms with E-state index >= 15 is 0 Å². The van der Waals surface area contributed by atoms with E-state index in [1.54, 1.807) is 0 Å². The van der Waals surface area contributed by atoms with Crippen LogP contribution in [0.3, 0.4) is 0 Å². The van der Waals surface area contributed by atoms with Gasteiger partial charge < -0.3 is 4.98 Å². The van der Waals surface area contributed by atoms with Crippen LogP contribution in [0.4, 0.5) is 0 Å². The maximum absolute atomic E-state index is 5.90. The quantitative estimate of drug-likeness (QED) is 0.611. The lowest BCUT2D eigenvalue weighted by Crippen LogP contribution is -1.93. The highest BCUT2D eigenvalue weighted by molar-refractivity contribution is 9.10. The lowest BCUT2D eigenvalue weighted by molar-refractivity contribution is 1.06. The number of H-pyrrole nitrogens is 1. The van der Waals surface area contributed by atoms with E-state index in [-0.39, 0.29) is 0 Å². The second kappa shape index (κ2) is 4.53. The van der Waals surface area contributed by atoms with Crippen molar-refractivity contribution in [1.29, 1.82) is 0 Å². The van der Waals surface area contributed by atoms with Gasteiger partial charge in [0.05, 0.1) is 11.0 Å². The number of imidazole rings is 1. The molecule has 0 atom stereocenters. The maximum atomic E-state index is 5.90. The predicted octanol–water partition coefficient (Wildman–Crippen LogP) is 5.10. The summed E-state index contributed by atoms with van der Waals surface area (Å²) in [6.45, 7) is 0. The molecular formula is C13H8BrClN2S. The molecule has 0 radical (unpaired) electrons. The Bertz CT molecular complexity index is 774. The van der Waals surface area contributed by atoms with Crippen LogP contribution in [-0.4, -0.2) is 9.55 Å². The van der Waals surface area contributed by atoms with E-state index in [0.717, 1.165) is 21.2 Å². The molecule has 18 heavy (non-hydrogen) atoms. The number of aromatic amines is 1. The average molecular weight is 340 g/mol. The van der Waals surface area contributed by atoms with E-state index in [9.17, 15) is 0 Å². The molecule has 0 fully saturated rings. The Morgan fingerprint density at radius 1 is 1.11 bits per heavy atom. The first-order valence-corrected chi connectivity index (χ1v) is 6.89. The molecule has 0 aliphatic heterocycles. The molecule has 0 aliphatic rings. The van der Waals surface area contributed by atoms with E-state index in [4.69, 9.17) is 23.8 Å². The minimum atomic E-state index is 0.672. The second-order valence-electron chi connectivity index (χ2n) is 3.90. The zero-order valence-corrected chi connectivity index (χ0v) is 12.3. The van der Waals surface area contributed by atoms with Crippen LogP contribution >= 0.6 is 39.7 Å². The normalized spacial score (nSPS) is 11.0. The summed E-state index contributed by atoms with van der Waals surface area (Å²) in [7, 11) is 0. The molecule has 3 aromatic rings. The average Bonchev–Trinajstić information content (AvgIpc) is 2.65. The van der Waals surface area contributed by atoms with Gasteiger partial charge in [0, 0.05) is 15.2 Å². The van der Waals surface area contributed by atoms with E-state index in [2.05, 4.69) is 20.9 Å². The van der Waals surface area contributed by atoms with Crippen LogP contribution in [0.5, 0.6) is 0 Å². The minimum absolute atomic E-state index is 0.672. The SMILES string of the molecule is S=c1[nH]c2cc(Br)ccc2n1-c1ccc(Cl)cc1. The highest BCUT2D eigenvalue weighted by Crippen LogP contribution is 2.23.